The highest BCUT2D eigenvalue weighted by Gasteiger charge is 2.09. The summed E-state index contributed by atoms with van der Waals surface area (Å²) in [5.74, 6) is 0.547. The van der Waals surface area contributed by atoms with Gasteiger partial charge >= 0.3 is 0 Å². The van der Waals surface area contributed by atoms with Crippen molar-refractivity contribution in [3.8, 4) is 0 Å². The molecule has 2 heterocycles. The van der Waals surface area contributed by atoms with Gasteiger partial charge in [0.1, 0.15) is 9.86 Å². The highest BCUT2D eigenvalue weighted by atomic mass is 35.5. The minimum absolute atomic E-state index is 0.307. The zero-order chi connectivity index (χ0) is 14.1. The summed E-state index contributed by atoms with van der Waals surface area (Å²) in [6.45, 7) is 4.39. The number of thiophene rings is 1. The fraction of sp³-hybridized carbons (Fsp3) is 0.200. The molecule has 0 saturated heterocycles. The van der Waals surface area contributed by atoms with Gasteiger partial charge in [0.05, 0.1) is 0 Å². The van der Waals surface area contributed by atoms with E-state index in [2.05, 4.69) is 48.1 Å². The van der Waals surface area contributed by atoms with Gasteiger partial charge < -0.3 is 0 Å². The van der Waals surface area contributed by atoms with E-state index in [1.54, 1.807) is 23.1 Å². The van der Waals surface area contributed by atoms with Crippen molar-refractivity contribution in [3.05, 3.63) is 46.6 Å². The van der Waals surface area contributed by atoms with Gasteiger partial charge in [-0.3, -0.25) is 0 Å². The van der Waals surface area contributed by atoms with Crippen molar-refractivity contribution in [1.82, 2.24) is 9.97 Å². The van der Waals surface area contributed by atoms with E-state index < -0.39 is 0 Å². The minimum Gasteiger partial charge on any atom is -0.210 e. The molecule has 0 amide bonds. The third-order valence-electron chi connectivity index (χ3n) is 3.02. The highest BCUT2D eigenvalue weighted by molar-refractivity contribution is 7.99. The standard InChI is InChI=1S/C15H13ClN2S2/c1-9(2)10-3-5-11(6-4-10)20-14-12-7-8-19-13(12)17-15(16)18-14/h3-9H,1-2H3. The molecule has 0 radical (unpaired) electrons. The van der Waals surface area contributed by atoms with Gasteiger partial charge in [-0.15, -0.1) is 11.3 Å². The van der Waals surface area contributed by atoms with E-state index in [1.807, 2.05) is 11.4 Å². The van der Waals surface area contributed by atoms with Crippen LogP contribution in [-0.4, -0.2) is 9.97 Å². The molecule has 2 aromatic heterocycles. The Morgan fingerprint density at radius 1 is 1.10 bits per heavy atom. The summed E-state index contributed by atoms with van der Waals surface area (Å²) in [6.07, 6.45) is 0. The number of aromatic nitrogens is 2. The van der Waals surface area contributed by atoms with Gasteiger partial charge in [-0.05, 0) is 46.7 Å². The number of rotatable bonds is 3. The van der Waals surface area contributed by atoms with Crippen molar-refractivity contribution in [2.75, 3.05) is 0 Å². The normalized spacial score (nSPS) is 11.4. The molecule has 3 aromatic rings. The Labute approximate surface area is 131 Å². The predicted molar refractivity (Wildman–Crippen MR) is 87.1 cm³/mol. The van der Waals surface area contributed by atoms with Crippen molar-refractivity contribution in [3.63, 3.8) is 0 Å². The minimum atomic E-state index is 0.307. The Balaban J connectivity index is 1.94. The van der Waals surface area contributed by atoms with Gasteiger partial charge in [0, 0.05) is 10.3 Å². The monoisotopic (exact) mass is 320 g/mol. The summed E-state index contributed by atoms with van der Waals surface area (Å²) in [4.78, 5) is 10.7. The lowest BCUT2D eigenvalue weighted by molar-refractivity contribution is 0.865. The molecule has 102 valence electrons. The average Bonchev–Trinajstić information content (AvgIpc) is 2.87. The summed E-state index contributed by atoms with van der Waals surface area (Å²) in [7, 11) is 0. The molecule has 0 unspecified atom stereocenters. The number of hydrogen-bond donors (Lipinski definition) is 0. The lowest BCUT2D eigenvalue weighted by Crippen LogP contribution is -1.88. The summed E-state index contributed by atoms with van der Waals surface area (Å²) < 4.78 is 0. The van der Waals surface area contributed by atoms with Crippen LogP contribution < -0.4 is 0 Å². The summed E-state index contributed by atoms with van der Waals surface area (Å²) in [6, 6.07) is 10.6. The van der Waals surface area contributed by atoms with Crippen LogP contribution in [0.15, 0.2) is 45.6 Å². The molecule has 3 rings (SSSR count). The van der Waals surface area contributed by atoms with Gasteiger partial charge in [-0.1, -0.05) is 37.7 Å². The van der Waals surface area contributed by atoms with Crippen molar-refractivity contribution in [2.45, 2.75) is 29.7 Å². The molecule has 0 atom stereocenters. The zero-order valence-corrected chi connectivity index (χ0v) is 13.5. The number of hydrogen-bond acceptors (Lipinski definition) is 4. The average molecular weight is 321 g/mol. The second-order valence-corrected chi connectivity index (χ2v) is 7.06. The van der Waals surface area contributed by atoms with Crippen LogP contribution in [0.1, 0.15) is 25.3 Å². The van der Waals surface area contributed by atoms with E-state index in [4.69, 9.17) is 11.6 Å². The largest absolute Gasteiger partial charge is 0.224 e. The van der Waals surface area contributed by atoms with Gasteiger partial charge in [0.25, 0.3) is 0 Å². The number of fused-ring (bicyclic) bond motifs is 1. The van der Waals surface area contributed by atoms with Crippen molar-refractivity contribution >= 4 is 44.9 Å². The van der Waals surface area contributed by atoms with Crippen LogP contribution in [0.3, 0.4) is 0 Å². The van der Waals surface area contributed by atoms with Crippen LogP contribution in [0.4, 0.5) is 0 Å². The van der Waals surface area contributed by atoms with E-state index in [0.717, 1.165) is 20.1 Å². The molecule has 0 aliphatic heterocycles. The molecule has 0 spiro atoms. The van der Waals surface area contributed by atoms with E-state index in [1.165, 1.54) is 5.56 Å². The SMILES string of the molecule is CC(C)c1ccc(Sc2nc(Cl)nc3sccc23)cc1. The van der Waals surface area contributed by atoms with Gasteiger partial charge in [0.15, 0.2) is 0 Å². The first-order valence-corrected chi connectivity index (χ1v) is 8.39. The molecule has 2 nitrogen and oxygen atoms in total. The second kappa shape index (κ2) is 5.72. The van der Waals surface area contributed by atoms with Crippen molar-refractivity contribution in [2.24, 2.45) is 0 Å². The fourth-order valence-corrected chi connectivity index (χ4v) is 3.91. The molecule has 0 fully saturated rings. The van der Waals surface area contributed by atoms with Crippen LogP contribution in [0, 0.1) is 0 Å². The zero-order valence-electron chi connectivity index (χ0n) is 11.1. The van der Waals surface area contributed by atoms with Gasteiger partial charge in [-0.25, -0.2) is 9.97 Å². The summed E-state index contributed by atoms with van der Waals surface area (Å²) in [5, 5.41) is 4.30. The van der Waals surface area contributed by atoms with E-state index >= 15 is 0 Å². The van der Waals surface area contributed by atoms with Crippen molar-refractivity contribution < 1.29 is 0 Å². The first-order chi connectivity index (χ1) is 9.63. The maximum absolute atomic E-state index is 5.98. The first-order valence-electron chi connectivity index (χ1n) is 6.32. The summed E-state index contributed by atoms with van der Waals surface area (Å²) in [5.41, 5.74) is 1.34. The molecule has 20 heavy (non-hydrogen) atoms. The van der Waals surface area contributed by atoms with E-state index in [0.29, 0.717) is 11.2 Å². The smallest absolute Gasteiger partial charge is 0.210 e. The lowest BCUT2D eigenvalue weighted by atomic mass is 10.0. The Hall–Kier alpha value is -1.10. The Kier molecular flexibility index (Phi) is 3.96. The van der Waals surface area contributed by atoms with Crippen LogP contribution in [0.25, 0.3) is 10.2 Å². The lowest BCUT2D eigenvalue weighted by Gasteiger charge is -2.07. The fourth-order valence-electron chi connectivity index (χ4n) is 1.91. The molecule has 0 N–H and O–H groups in total. The molecule has 1 aromatic carbocycles. The van der Waals surface area contributed by atoms with Gasteiger partial charge in [-0.2, -0.15) is 0 Å². The van der Waals surface area contributed by atoms with Crippen LogP contribution in [0.2, 0.25) is 5.28 Å². The molecule has 0 aliphatic rings. The Bertz CT molecular complexity index is 735. The number of halogens is 1. The Morgan fingerprint density at radius 3 is 2.55 bits per heavy atom. The van der Waals surface area contributed by atoms with E-state index in [-0.39, 0.29) is 0 Å². The quantitative estimate of drug-likeness (QED) is 0.462. The van der Waals surface area contributed by atoms with Crippen LogP contribution in [-0.2, 0) is 0 Å². The third kappa shape index (κ3) is 2.82. The highest BCUT2D eigenvalue weighted by Crippen LogP contribution is 2.34. The molecule has 5 heteroatoms. The van der Waals surface area contributed by atoms with E-state index in [9.17, 15) is 0 Å². The maximum Gasteiger partial charge on any atom is 0.224 e. The molecular weight excluding hydrogens is 308 g/mol. The Morgan fingerprint density at radius 2 is 1.85 bits per heavy atom. The molecular formula is C15H13ClN2S2. The molecule has 0 saturated carbocycles. The van der Waals surface area contributed by atoms with Gasteiger partial charge in [0.2, 0.25) is 5.28 Å². The topological polar surface area (TPSA) is 25.8 Å². The maximum atomic E-state index is 5.98. The second-order valence-electron chi connectivity index (χ2n) is 4.76. The predicted octanol–water partition coefficient (Wildman–Crippen LogP) is 5.62. The van der Waals surface area contributed by atoms with Crippen LogP contribution in [0.5, 0.6) is 0 Å². The third-order valence-corrected chi connectivity index (χ3v) is 5.01. The molecule has 0 bridgehead atoms. The molecule has 0 aliphatic carbocycles. The number of nitrogens with zero attached hydrogens (tertiary/aromatic N) is 2. The van der Waals surface area contributed by atoms with Crippen molar-refractivity contribution in [1.29, 1.82) is 0 Å². The number of benzene rings is 1. The van der Waals surface area contributed by atoms with Crippen LogP contribution >= 0.6 is 34.7 Å². The summed E-state index contributed by atoms with van der Waals surface area (Å²) >= 11 is 9.20. The first kappa shape index (κ1) is 13.9.